The van der Waals surface area contributed by atoms with Crippen LogP contribution in [0.3, 0.4) is 0 Å². The lowest BCUT2D eigenvalue weighted by Crippen LogP contribution is -2.12. The monoisotopic (exact) mass is 338 g/mol. The zero-order valence-electron chi connectivity index (χ0n) is 11.4. The van der Waals surface area contributed by atoms with E-state index in [-0.39, 0.29) is 11.4 Å². The molecular formula is C14H9F3N4OS. The second kappa shape index (κ2) is 5.84. The molecule has 0 aliphatic rings. The van der Waals surface area contributed by atoms with Gasteiger partial charge in [0.15, 0.2) is 0 Å². The highest BCUT2D eigenvalue weighted by molar-refractivity contribution is 7.13. The summed E-state index contributed by atoms with van der Waals surface area (Å²) < 4.78 is 37.4. The quantitative estimate of drug-likeness (QED) is 0.763. The van der Waals surface area contributed by atoms with Crippen molar-refractivity contribution < 1.29 is 18.0 Å². The molecule has 0 radical (unpaired) electrons. The van der Waals surface area contributed by atoms with Crippen LogP contribution in [0.4, 0.5) is 18.9 Å². The van der Waals surface area contributed by atoms with E-state index in [1.54, 1.807) is 17.8 Å². The van der Waals surface area contributed by atoms with E-state index in [0.717, 1.165) is 17.7 Å². The average molecular weight is 338 g/mol. The number of alkyl halides is 3. The fourth-order valence-electron chi connectivity index (χ4n) is 1.82. The molecule has 0 aliphatic heterocycles. The molecule has 5 nitrogen and oxygen atoms in total. The normalized spacial score (nSPS) is 11.4. The Kier molecular flexibility index (Phi) is 3.87. The summed E-state index contributed by atoms with van der Waals surface area (Å²) in [6.07, 6.45) is -1.18. The van der Waals surface area contributed by atoms with Crippen LogP contribution in [-0.4, -0.2) is 21.1 Å². The van der Waals surface area contributed by atoms with Gasteiger partial charge in [-0.1, -0.05) is 0 Å². The second-order valence-corrected chi connectivity index (χ2v) is 5.41. The van der Waals surface area contributed by atoms with E-state index in [9.17, 15) is 18.0 Å². The molecular weight excluding hydrogens is 329 g/mol. The van der Waals surface area contributed by atoms with Crippen molar-refractivity contribution in [3.63, 3.8) is 0 Å². The molecule has 3 aromatic rings. The average Bonchev–Trinajstić information content (AvgIpc) is 3.18. The summed E-state index contributed by atoms with van der Waals surface area (Å²) in [5, 5.41) is 11.1. The van der Waals surface area contributed by atoms with Crippen LogP contribution in [0.25, 0.3) is 10.6 Å². The first-order chi connectivity index (χ1) is 10.9. The molecule has 1 amide bonds. The largest absolute Gasteiger partial charge is 0.416 e. The maximum absolute atomic E-state index is 12.5. The van der Waals surface area contributed by atoms with E-state index < -0.39 is 17.6 Å². The highest BCUT2D eigenvalue weighted by Gasteiger charge is 2.30. The van der Waals surface area contributed by atoms with E-state index in [1.165, 1.54) is 23.5 Å². The molecule has 0 aliphatic carbocycles. The maximum atomic E-state index is 12.5. The van der Waals surface area contributed by atoms with Crippen LogP contribution in [0.5, 0.6) is 0 Å². The minimum absolute atomic E-state index is 0.186. The van der Waals surface area contributed by atoms with Crippen LogP contribution in [-0.2, 0) is 6.18 Å². The molecule has 2 heterocycles. The zero-order chi connectivity index (χ0) is 16.4. The van der Waals surface area contributed by atoms with Gasteiger partial charge in [0.05, 0.1) is 11.8 Å². The van der Waals surface area contributed by atoms with Crippen LogP contribution < -0.4 is 5.32 Å². The van der Waals surface area contributed by atoms with Gasteiger partial charge in [-0.05, 0) is 24.3 Å². The Morgan fingerprint density at radius 3 is 2.57 bits per heavy atom. The summed E-state index contributed by atoms with van der Waals surface area (Å²) in [6.45, 7) is 0. The molecule has 3 rings (SSSR count). The summed E-state index contributed by atoms with van der Waals surface area (Å²) in [5.41, 5.74) is 0.432. The van der Waals surface area contributed by atoms with Crippen molar-refractivity contribution in [3.05, 3.63) is 53.3 Å². The van der Waals surface area contributed by atoms with E-state index in [4.69, 9.17) is 0 Å². The number of nitrogens with zero attached hydrogens (tertiary/aromatic N) is 2. The summed E-state index contributed by atoms with van der Waals surface area (Å²) in [4.78, 5) is 16.2. The first kappa shape index (κ1) is 15.2. The minimum Gasteiger partial charge on any atom is -0.321 e. The third kappa shape index (κ3) is 3.39. The molecule has 0 spiro atoms. The number of hydrogen-bond acceptors (Lipinski definition) is 4. The van der Waals surface area contributed by atoms with Crippen molar-refractivity contribution in [1.82, 2.24) is 15.2 Å². The van der Waals surface area contributed by atoms with Gasteiger partial charge in [-0.3, -0.25) is 9.89 Å². The van der Waals surface area contributed by atoms with Gasteiger partial charge in [0.2, 0.25) is 0 Å². The Morgan fingerprint density at radius 2 is 1.96 bits per heavy atom. The van der Waals surface area contributed by atoms with Crippen molar-refractivity contribution in [3.8, 4) is 10.6 Å². The summed E-state index contributed by atoms with van der Waals surface area (Å²) in [7, 11) is 0. The third-order valence-corrected chi connectivity index (χ3v) is 3.84. The molecule has 9 heteroatoms. The second-order valence-electron chi connectivity index (χ2n) is 4.55. The SMILES string of the molecule is O=C(Nc1ccc(C(F)(F)F)cc1)c1csc(-c2cn[nH]c2)n1. The van der Waals surface area contributed by atoms with Gasteiger partial charge in [0.25, 0.3) is 5.91 Å². The molecule has 0 atom stereocenters. The lowest BCUT2D eigenvalue weighted by Gasteiger charge is -2.08. The number of amides is 1. The smallest absolute Gasteiger partial charge is 0.321 e. The predicted octanol–water partition coefficient (Wildman–Crippen LogP) is 3.80. The maximum Gasteiger partial charge on any atom is 0.416 e. The third-order valence-electron chi connectivity index (χ3n) is 2.95. The van der Waals surface area contributed by atoms with Gasteiger partial charge in [-0.2, -0.15) is 18.3 Å². The number of hydrogen-bond donors (Lipinski definition) is 2. The van der Waals surface area contributed by atoms with Crippen molar-refractivity contribution in [2.75, 3.05) is 5.32 Å². The van der Waals surface area contributed by atoms with Gasteiger partial charge in [-0.25, -0.2) is 4.98 Å². The standard InChI is InChI=1S/C14H9F3N4OS/c15-14(16,17)9-1-3-10(4-2-9)20-12(22)11-7-23-13(21-11)8-5-18-19-6-8/h1-7H,(H,18,19)(H,20,22). The first-order valence-electron chi connectivity index (χ1n) is 6.37. The lowest BCUT2D eigenvalue weighted by atomic mass is 10.2. The Hall–Kier alpha value is -2.68. The Balaban J connectivity index is 1.72. The summed E-state index contributed by atoms with van der Waals surface area (Å²) in [6, 6.07) is 4.22. The van der Waals surface area contributed by atoms with Gasteiger partial charge in [0, 0.05) is 22.8 Å². The number of carbonyl (C=O) groups is 1. The Bertz CT molecular complexity index is 809. The van der Waals surface area contributed by atoms with E-state index in [0.29, 0.717) is 5.01 Å². The topological polar surface area (TPSA) is 70.7 Å². The predicted molar refractivity (Wildman–Crippen MR) is 79.1 cm³/mol. The van der Waals surface area contributed by atoms with Crippen molar-refractivity contribution in [2.45, 2.75) is 6.18 Å². The minimum atomic E-state index is -4.41. The molecule has 1 aromatic carbocycles. The van der Waals surface area contributed by atoms with Gasteiger partial charge >= 0.3 is 6.18 Å². The number of aromatic nitrogens is 3. The summed E-state index contributed by atoms with van der Waals surface area (Å²) >= 11 is 1.27. The molecule has 23 heavy (non-hydrogen) atoms. The van der Waals surface area contributed by atoms with Crippen molar-refractivity contribution in [1.29, 1.82) is 0 Å². The number of aromatic amines is 1. The first-order valence-corrected chi connectivity index (χ1v) is 7.25. The van der Waals surface area contributed by atoms with Crippen LogP contribution in [0.15, 0.2) is 42.0 Å². The fourth-order valence-corrected chi connectivity index (χ4v) is 2.60. The zero-order valence-corrected chi connectivity index (χ0v) is 12.2. The molecule has 0 saturated carbocycles. The van der Waals surface area contributed by atoms with Crippen LogP contribution in [0, 0.1) is 0 Å². The van der Waals surface area contributed by atoms with E-state index in [1.807, 2.05) is 0 Å². The van der Waals surface area contributed by atoms with Crippen LogP contribution in [0.1, 0.15) is 16.1 Å². The Labute approximate surface area is 132 Å². The fraction of sp³-hybridized carbons (Fsp3) is 0.0714. The molecule has 0 saturated heterocycles. The number of benzene rings is 1. The molecule has 2 N–H and O–H groups in total. The number of H-pyrrole nitrogens is 1. The number of carbonyl (C=O) groups excluding carboxylic acids is 1. The molecule has 0 unspecified atom stereocenters. The number of thiazole rings is 1. The Morgan fingerprint density at radius 1 is 1.22 bits per heavy atom. The summed E-state index contributed by atoms with van der Waals surface area (Å²) in [5.74, 6) is -0.490. The van der Waals surface area contributed by atoms with Gasteiger partial charge < -0.3 is 5.32 Å². The molecule has 0 bridgehead atoms. The number of nitrogens with one attached hydrogen (secondary N) is 2. The van der Waals surface area contributed by atoms with E-state index >= 15 is 0 Å². The highest BCUT2D eigenvalue weighted by Crippen LogP contribution is 2.30. The molecule has 0 fully saturated rings. The number of rotatable bonds is 3. The van der Waals surface area contributed by atoms with E-state index in [2.05, 4.69) is 20.5 Å². The number of anilines is 1. The lowest BCUT2D eigenvalue weighted by molar-refractivity contribution is -0.137. The number of halogens is 3. The molecule has 2 aromatic heterocycles. The molecule has 118 valence electrons. The van der Waals surface area contributed by atoms with Gasteiger partial charge in [0.1, 0.15) is 10.7 Å². The van der Waals surface area contributed by atoms with Crippen molar-refractivity contribution in [2.24, 2.45) is 0 Å². The van der Waals surface area contributed by atoms with Crippen molar-refractivity contribution >= 4 is 22.9 Å². The van der Waals surface area contributed by atoms with Crippen LogP contribution >= 0.6 is 11.3 Å². The van der Waals surface area contributed by atoms with Gasteiger partial charge in [-0.15, -0.1) is 11.3 Å². The van der Waals surface area contributed by atoms with Crippen LogP contribution in [0.2, 0.25) is 0 Å². The highest BCUT2D eigenvalue weighted by atomic mass is 32.1.